The minimum atomic E-state index is -3.71. The van der Waals surface area contributed by atoms with E-state index in [9.17, 15) is 13.2 Å². The predicted molar refractivity (Wildman–Crippen MR) is 122 cm³/mol. The van der Waals surface area contributed by atoms with Crippen LogP contribution in [0.3, 0.4) is 0 Å². The molecular formula is C19H15N3O3S4. The van der Waals surface area contributed by atoms with Gasteiger partial charge in [-0.05, 0) is 41.1 Å². The summed E-state index contributed by atoms with van der Waals surface area (Å²) in [6.07, 6.45) is 0. The molecule has 1 aliphatic heterocycles. The number of rotatable bonds is 6. The van der Waals surface area contributed by atoms with E-state index in [1.165, 1.54) is 29.2 Å². The molecule has 0 saturated carbocycles. The third-order valence-electron chi connectivity index (χ3n) is 3.85. The van der Waals surface area contributed by atoms with Gasteiger partial charge in [0.1, 0.15) is 4.21 Å². The van der Waals surface area contributed by atoms with Crippen molar-refractivity contribution in [2.45, 2.75) is 4.21 Å². The van der Waals surface area contributed by atoms with Gasteiger partial charge in [-0.15, -0.1) is 22.7 Å². The van der Waals surface area contributed by atoms with Crippen molar-refractivity contribution in [3.8, 4) is 0 Å². The summed E-state index contributed by atoms with van der Waals surface area (Å²) in [5.41, 5.74) is 2.34. The smallest absolute Gasteiger partial charge is 0.271 e. The van der Waals surface area contributed by atoms with Gasteiger partial charge in [-0.2, -0.15) is 0 Å². The molecule has 0 atom stereocenters. The Hall–Kier alpha value is -2.53. The van der Waals surface area contributed by atoms with Gasteiger partial charge in [-0.25, -0.2) is 8.42 Å². The fourth-order valence-electron chi connectivity index (χ4n) is 2.62. The van der Waals surface area contributed by atoms with Crippen LogP contribution in [0.4, 0.5) is 11.4 Å². The molecule has 0 radical (unpaired) electrons. The third-order valence-corrected chi connectivity index (χ3v) is 8.24. The molecule has 3 N–H and O–H groups in total. The quantitative estimate of drug-likeness (QED) is 0.482. The zero-order chi connectivity index (χ0) is 20.4. The standard InChI is InChI=1S/C19H15N3O3S4/c1-12-20-16(11-28-12)13-8-14(21-19(23)17-4-2-6-26-17)10-15(9-13)22-29(24,25)18-5-3-7-27-18/h2-11,20,22H,1H2,(H,21,23). The van der Waals surface area contributed by atoms with Crippen LogP contribution in [0.5, 0.6) is 0 Å². The molecule has 3 heterocycles. The van der Waals surface area contributed by atoms with Gasteiger partial charge in [0.05, 0.1) is 21.3 Å². The van der Waals surface area contributed by atoms with E-state index >= 15 is 0 Å². The summed E-state index contributed by atoms with van der Waals surface area (Å²) >= 11 is 3.91. The third kappa shape index (κ3) is 4.56. The number of benzene rings is 1. The molecule has 1 aromatic carbocycles. The van der Waals surface area contributed by atoms with Crippen LogP contribution in [0.15, 0.2) is 74.4 Å². The topological polar surface area (TPSA) is 87.3 Å². The summed E-state index contributed by atoms with van der Waals surface area (Å²) in [5.74, 6) is -0.253. The van der Waals surface area contributed by atoms with E-state index in [1.807, 2.05) is 10.8 Å². The van der Waals surface area contributed by atoms with Crippen molar-refractivity contribution in [1.82, 2.24) is 5.32 Å². The molecule has 148 valence electrons. The van der Waals surface area contributed by atoms with Gasteiger partial charge in [-0.1, -0.05) is 30.5 Å². The molecule has 10 heteroatoms. The van der Waals surface area contributed by atoms with E-state index in [1.54, 1.807) is 41.8 Å². The monoisotopic (exact) mass is 461 g/mol. The molecule has 3 aromatic rings. The molecule has 1 amide bonds. The number of nitrogens with one attached hydrogen (secondary N) is 3. The highest BCUT2D eigenvalue weighted by molar-refractivity contribution is 8.06. The molecule has 29 heavy (non-hydrogen) atoms. The van der Waals surface area contributed by atoms with Gasteiger partial charge in [0.2, 0.25) is 0 Å². The number of amides is 1. The molecule has 0 unspecified atom stereocenters. The number of sulfonamides is 1. The first-order chi connectivity index (χ1) is 13.9. The number of anilines is 2. The van der Waals surface area contributed by atoms with E-state index in [0.29, 0.717) is 16.3 Å². The number of hydrogen-bond donors (Lipinski definition) is 3. The van der Waals surface area contributed by atoms with Crippen molar-refractivity contribution in [2.75, 3.05) is 10.0 Å². The molecular weight excluding hydrogens is 446 g/mol. The van der Waals surface area contributed by atoms with Crippen LogP contribution in [0.1, 0.15) is 15.2 Å². The molecule has 4 rings (SSSR count). The summed E-state index contributed by atoms with van der Waals surface area (Å²) in [7, 11) is -3.71. The molecule has 0 spiro atoms. The number of thioether (sulfide) groups is 1. The molecule has 1 aliphatic rings. The predicted octanol–water partition coefficient (Wildman–Crippen LogP) is 4.97. The summed E-state index contributed by atoms with van der Waals surface area (Å²) in [6, 6.07) is 11.8. The fraction of sp³-hybridized carbons (Fsp3) is 0. The van der Waals surface area contributed by atoms with Crippen molar-refractivity contribution in [2.24, 2.45) is 0 Å². The lowest BCUT2D eigenvalue weighted by molar-refractivity contribution is 0.103. The zero-order valence-electron chi connectivity index (χ0n) is 14.8. The summed E-state index contributed by atoms with van der Waals surface area (Å²) in [6.45, 7) is 3.87. The van der Waals surface area contributed by atoms with E-state index in [-0.39, 0.29) is 10.1 Å². The Morgan fingerprint density at radius 2 is 1.79 bits per heavy atom. The Labute approximate surface area is 180 Å². The number of thiophene rings is 2. The van der Waals surface area contributed by atoms with Crippen LogP contribution in [0.2, 0.25) is 0 Å². The molecule has 0 bridgehead atoms. The van der Waals surface area contributed by atoms with Gasteiger partial charge >= 0.3 is 0 Å². The largest absolute Gasteiger partial charge is 0.350 e. The number of hydrogen-bond acceptors (Lipinski definition) is 7. The second kappa shape index (κ2) is 8.07. The molecule has 0 fully saturated rings. The lowest BCUT2D eigenvalue weighted by Gasteiger charge is -2.13. The SMILES string of the molecule is C=C1NC(c2cc(NC(=O)c3cccs3)cc(NS(=O)(=O)c3cccs3)c2)=CS1. The lowest BCUT2D eigenvalue weighted by Crippen LogP contribution is -2.14. The Balaban J connectivity index is 1.68. The molecule has 2 aromatic heterocycles. The Morgan fingerprint density at radius 1 is 1.03 bits per heavy atom. The molecule has 0 aliphatic carbocycles. The van der Waals surface area contributed by atoms with E-state index in [0.717, 1.165) is 27.6 Å². The van der Waals surface area contributed by atoms with Crippen LogP contribution in [0.25, 0.3) is 5.70 Å². The van der Waals surface area contributed by atoms with Crippen LogP contribution < -0.4 is 15.4 Å². The molecule has 6 nitrogen and oxygen atoms in total. The maximum atomic E-state index is 12.6. The second-order valence-corrected chi connectivity index (χ2v) is 10.7. The first-order valence-electron chi connectivity index (χ1n) is 8.30. The first-order valence-corrected chi connectivity index (χ1v) is 12.4. The van der Waals surface area contributed by atoms with Crippen molar-refractivity contribution in [3.63, 3.8) is 0 Å². The highest BCUT2D eigenvalue weighted by Crippen LogP contribution is 2.33. The van der Waals surface area contributed by atoms with Gasteiger partial charge in [0.15, 0.2) is 0 Å². The van der Waals surface area contributed by atoms with Gasteiger partial charge in [-0.3, -0.25) is 9.52 Å². The van der Waals surface area contributed by atoms with Crippen molar-refractivity contribution in [3.05, 3.63) is 80.7 Å². The van der Waals surface area contributed by atoms with Crippen LogP contribution in [0, 0.1) is 0 Å². The van der Waals surface area contributed by atoms with Gasteiger partial charge < -0.3 is 10.6 Å². The summed E-state index contributed by atoms with van der Waals surface area (Å²) in [4.78, 5) is 13.0. The Kier molecular flexibility index (Phi) is 5.50. The lowest BCUT2D eigenvalue weighted by atomic mass is 10.1. The summed E-state index contributed by atoms with van der Waals surface area (Å²) in [5, 5.41) is 12.2. The maximum absolute atomic E-state index is 12.6. The van der Waals surface area contributed by atoms with Crippen LogP contribution >= 0.6 is 34.4 Å². The average Bonchev–Trinajstić information content (AvgIpc) is 3.43. The van der Waals surface area contributed by atoms with Crippen molar-refractivity contribution >= 4 is 67.4 Å². The number of carbonyl (C=O) groups is 1. The Morgan fingerprint density at radius 3 is 2.45 bits per heavy atom. The highest BCUT2D eigenvalue weighted by atomic mass is 32.2. The normalized spacial score (nSPS) is 13.7. The van der Waals surface area contributed by atoms with Crippen LogP contribution in [-0.2, 0) is 10.0 Å². The molecule has 0 saturated heterocycles. The van der Waals surface area contributed by atoms with E-state index < -0.39 is 10.0 Å². The fourth-order valence-corrected chi connectivity index (χ4v) is 5.89. The zero-order valence-corrected chi connectivity index (χ0v) is 18.1. The summed E-state index contributed by atoms with van der Waals surface area (Å²) < 4.78 is 28.1. The minimum absolute atomic E-state index is 0.217. The van der Waals surface area contributed by atoms with Gasteiger partial charge in [0, 0.05) is 16.7 Å². The van der Waals surface area contributed by atoms with E-state index in [2.05, 4.69) is 21.9 Å². The van der Waals surface area contributed by atoms with Crippen molar-refractivity contribution < 1.29 is 13.2 Å². The minimum Gasteiger partial charge on any atom is -0.350 e. The van der Waals surface area contributed by atoms with Crippen LogP contribution in [-0.4, -0.2) is 14.3 Å². The second-order valence-electron chi connectivity index (χ2n) is 5.97. The Bertz CT molecular complexity index is 1200. The van der Waals surface area contributed by atoms with E-state index in [4.69, 9.17) is 0 Å². The first kappa shape index (κ1) is 19.8. The number of carbonyl (C=O) groups excluding carboxylic acids is 1. The highest BCUT2D eigenvalue weighted by Gasteiger charge is 2.18. The van der Waals surface area contributed by atoms with Crippen molar-refractivity contribution in [1.29, 1.82) is 0 Å². The maximum Gasteiger partial charge on any atom is 0.271 e. The average molecular weight is 462 g/mol. The van der Waals surface area contributed by atoms with Gasteiger partial charge in [0.25, 0.3) is 15.9 Å².